The zero-order valence-corrected chi connectivity index (χ0v) is 13.5. The molecule has 3 atom stereocenters. The molecule has 2 aliphatic rings. The van der Waals surface area contributed by atoms with Crippen molar-refractivity contribution in [1.82, 2.24) is 15.3 Å². The quantitative estimate of drug-likeness (QED) is 0.930. The molecule has 2 bridgehead atoms. The third-order valence-electron chi connectivity index (χ3n) is 4.76. The summed E-state index contributed by atoms with van der Waals surface area (Å²) >= 11 is 7.50. The molecule has 0 aromatic carbocycles. The Bertz CT molecular complexity index is 703. The number of pyridine rings is 1. The van der Waals surface area contributed by atoms with Crippen molar-refractivity contribution in [3.05, 3.63) is 34.6 Å². The third kappa shape index (κ3) is 2.52. The first-order valence-corrected chi connectivity index (χ1v) is 8.77. The second kappa shape index (κ2) is 5.63. The van der Waals surface area contributed by atoms with Crippen molar-refractivity contribution < 1.29 is 4.79 Å². The Labute approximate surface area is 137 Å². The van der Waals surface area contributed by atoms with Crippen LogP contribution in [0.1, 0.15) is 35.4 Å². The van der Waals surface area contributed by atoms with Crippen LogP contribution >= 0.6 is 22.9 Å². The van der Waals surface area contributed by atoms with Gasteiger partial charge in [-0.2, -0.15) is 0 Å². The minimum atomic E-state index is -0.0878. The molecule has 0 radical (unpaired) electrons. The van der Waals surface area contributed by atoms with E-state index in [0.717, 1.165) is 22.9 Å². The van der Waals surface area contributed by atoms with E-state index in [-0.39, 0.29) is 11.1 Å². The highest BCUT2D eigenvalue weighted by Gasteiger charge is 2.40. The van der Waals surface area contributed by atoms with E-state index in [0.29, 0.717) is 16.8 Å². The van der Waals surface area contributed by atoms with Crippen LogP contribution in [0.2, 0.25) is 5.15 Å². The lowest BCUT2D eigenvalue weighted by molar-refractivity contribution is 0.0927. The van der Waals surface area contributed by atoms with Gasteiger partial charge in [0.15, 0.2) is 5.15 Å². The minimum absolute atomic E-state index is 0.0878. The van der Waals surface area contributed by atoms with E-state index >= 15 is 0 Å². The molecule has 2 aromatic heterocycles. The number of nitrogens with zero attached hydrogens (tertiary/aromatic N) is 2. The molecule has 2 aromatic rings. The Balaban J connectivity index is 1.52. The maximum absolute atomic E-state index is 12.5. The number of rotatable bonds is 3. The number of fused-ring (bicyclic) bond motifs is 2. The van der Waals surface area contributed by atoms with Crippen molar-refractivity contribution in [3.8, 4) is 10.6 Å². The minimum Gasteiger partial charge on any atom is -0.348 e. The first-order valence-electron chi connectivity index (χ1n) is 7.58. The monoisotopic (exact) mass is 333 g/mol. The summed E-state index contributed by atoms with van der Waals surface area (Å²) in [4.78, 5) is 21.4. The summed E-state index contributed by atoms with van der Waals surface area (Å²) in [6, 6.07) is 4.07. The highest BCUT2D eigenvalue weighted by Crippen LogP contribution is 2.44. The third-order valence-corrected chi connectivity index (χ3v) is 6.24. The molecule has 1 amide bonds. The lowest BCUT2D eigenvalue weighted by Crippen LogP contribution is -2.38. The molecule has 0 spiro atoms. The van der Waals surface area contributed by atoms with Crippen molar-refractivity contribution in [2.45, 2.75) is 31.7 Å². The summed E-state index contributed by atoms with van der Waals surface area (Å²) in [7, 11) is 0. The van der Waals surface area contributed by atoms with E-state index in [9.17, 15) is 4.79 Å². The summed E-state index contributed by atoms with van der Waals surface area (Å²) in [5, 5.41) is 4.18. The molecule has 4 rings (SSSR count). The number of thiazole rings is 1. The molecule has 4 nitrogen and oxygen atoms in total. The van der Waals surface area contributed by atoms with Gasteiger partial charge in [-0.25, -0.2) is 4.98 Å². The molecule has 114 valence electrons. The standard InChI is InChI=1S/C16H16ClN3OS/c17-14-13(22-16(20-14)11-2-1-5-18-8-11)15(21)19-12-7-9-3-4-10(12)6-9/h1-2,5,8-10,12H,3-4,6-7H2,(H,19,21)/t9-,10+,12+/m0/s1. The van der Waals surface area contributed by atoms with Gasteiger partial charge in [-0.05, 0) is 43.2 Å². The lowest BCUT2D eigenvalue weighted by Gasteiger charge is -2.22. The smallest absolute Gasteiger partial charge is 0.264 e. The number of hydrogen-bond acceptors (Lipinski definition) is 4. The summed E-state index contributed by atoms with van der Waals surface area (Å²) in [5.74, 6) is 1.37. The molecule has 2 saturated carbocycles. The molecular formula is C16H16ClN3OS. The van der Waals surface area contributed by atoms with Gasteiger partial charge in [0.05, 0.1) is 0 Å². The Morgan fingerprint density at radius 2 is 2.27 bits per heavy atom. The van der Waals surface area contributed by atoms with Gasteiger partial charge in [-0.1, -0.05) is 18.0 Å². The van der Waals surface area contributed by atoms with E-state index < -0.39 is 0 Å². The SMILES string of the molecule is O=C(N[C@@H]1C[C@H]2CC[C@@H]1C2)c1sc(-c2cccnc2)nc1Cl. The summed E-state index contributed by atoms with van der Waals surface area (Å²) in [6.45, 7) is 0. The Kier molecular flexibility index (Phi) is 3.62. The predicted octanol–water partition coefficient (Wildman–Crippen LogP) is 3.78. The Morgan fingerprint density at radius 1 is 1.36 bits per heavy atom. The number of aromatic nitrogens is 2. The van der Waals surface area contributed by atoms with Gasteiger partial charge in [-0.3, -0.25) is 9.78 Å². The van der Waals surface area contributed by atoms with Gasteiger partial charge >= 0.3 is 0 Å². The van der Waals surface area contributed by atoms with E-state index in [1.807, 2.05) is 12.1 Å². The van der Waals surface area contributed by atoms with Crippen LogP contribution in [0.15, 0.2) is 24.5 Å². The molecule has 0 unspecified atom stereocenters. The Morgan fingerprint density at radius 3 is 2.95 bits per heavy atom. The van der Waals surface area contributed by atoms with Crippen molar-refractivity contribution in [2.24, 2.45) is 11.8 Å². The summed E-state index contributed by atoms with van der Waals surface area (Å²) < 4.78 is 0. The number of nitrogens with one attached hydrogen (secondary N) is 1. The van der Waals surface area contributed by atoms with Gasteiger partial charge < -0.3 is 5.32 Å². The summed E-state index contributed by atoms with van der Waals surface area (Å²) in [6.07, 6.45) is 8.38. The van der Waals surface area contributed by atoms with E-state index in [4.69, 9.17) is 11.6 Å². The zero-order valence-electron chi connectivity index (χ0n) is 12.0. The van der Waals surface area contributed by atoms with Crippen LogP contribution in [0.5, 0.6) is 0 Å². The number of carbonyl (C=O) groups excluding carboxylic acids is 1. The maximum atomic E-state index is 12.5. The average molecular weight is 334 g/mol. The normalized spacial score (nSPS) is 26.3. The van der Waals surface area contributed by atoms with Crippen LogP contribution < -0.4 is 5.32 Å². The number of hydrogen-bond donors (Lipinski definition) is 1. The largest absolute Gasteiger partial charge is 0.348 e. The van der Waals surface area contributed by atoms with Crippen LogP contribution in [0.25, 0.3) is 10.6 Å². The van der Waals surface area contributed by atoms with Crippen LogP contribution in [0.4, 0.5) is 0 Å². The lowest BCUT2D eigenvalue weighted by atomic mass is 9.95. The fourth-order valence-corrected chi connectivity index (χ4v) is 4.90. The van der Waals surface area contributed by atoms with Crippen LogP contribution in [-0.2, 0) is 0 Å². The highest BCUT2D eigenvalue weighted by molar-refractivity contribution is 7.17. The van der Waals surface area contributed by atoms with Gasteiger partial charge in [0.1, 0.15) is 9.88 Å². The molecule has 6 heteroatoms. The molecule has 22 heavy (non-hydrogen) atoms. The zero-order chi connectivity index (χ0) is 15.1. The van der Waals surface area contributed by atoms with Crippen molar-refractivity contribution in [2.75, 3.05) is 0 Å². The molecule has 0 saturated heterocycles. The van der Waals surface area contributed by atoms with E-state index in [2.05, 4.69) is 15.3 Å². The van der Waals surface area contributed by atoms with Crippen LogP contribution in [0, 0.1) is 11.8 Å². The fraction of sp³-hybridized carbons (Fsp3) is 0.438. The highest BCUT2D eigenvalue weighted by atomic mass is 35.5. The fourth-order valence-electron chi connectivity index (χ4n) is 3.71. The second-order valence-corrected chi connectivity index (χ2v) is 7.49. The first-order chi connectivity index (χ1) is 10.7. The number of carbonyl (C=O) groups is 1. The Hall–Kier alpha value is -1.46. The maximum Gasteiger partial charge on any atom is 0.264 e. The van der Waals surface area contributed by atoms with Crippen LogP contribution in [-0.4, -0.2) is 21.9 Å². The van der Waals surface area contributed by atoms with Gasteiger partial charge in [0, 0.05) is 24.0 Å². The van der Waals surface area contributed by atoms with Crippen LogP contribution in [0.3, 0.4) is 0 Å². The second-order valence-electron chi connectivity index (χ2n) is 6.14. The molecule has 1 N–H and O–H groups in total. The topological polar surface area (TPSA) is 54.9 Å². The molecule has 2 heterocycles. The van der Waals surface area contributed by atoms with Gasteiger partial charge in [0.2, 0.25) is 0 Å². The molecule has 2 aliphatic carbocycles. The number of amides is 1. The van der Waals surface area contributed by atoms with Gasteiger partial charge in [-0.15, -0.1) is 11.3 Å². The van der Waals surface area contributed by atoms with Crippen molar-refractivity contribution >= 4 is 28.8 Å². The van der Waals surface area contributed by atoms with E-state index in [1.54, 1.807) is 12.4 Å². The van der Waals surface area contributed by atoms with Gasteiger partial charge in [0.25, 0.3) is 5.91 Å². The summed E-state index contributed by atoms with van der Waals surface area (Å²) in [5.41, 5.74) is 0.883. The molecule has 0 aliphatic heterocycles. The predicted molar refractivity (Wildman–Crippen MR) is 87.1 cm³/mol. The first kappa shape index (κ1) is 14.2. The number of halogens is 1. The molecule has 2 fully saturated rings. The van der Waals surface area contributed by atoms with E-state index in [1.165, 1.54) is 30.6 Å². The molecular weight excluding hydrogens is 318 g/mol. The van der Waals surface area contributed by atoms with Crippen molar-refractivity contribution in [3.63, 3.8) is 0 Å². The average Bonchev–Trinajstić information content (AvgIpc) is 3.23. The van der Waals surface area contributed by atoms with Crippen molar-refractivity contribution in [1.29, 1.82) is 0 Å².